The van der Waals surface area contributed by atoms with Gasteiger partial charge in [-0.25, -0.2) is 0 Å². The summed E-state index contributed by atoms with van der Waals surface area (Å²) >= 11 is 0. The van der Waals surface area contributed by atoms with E-state index in [-0.39, 0.29) is 22.3 Å². The number of nitriles is 4. The number of aryl methyl sites for hydroxylation is 1. The minimum Gasteiger partial charge on any atom is -0.453 e. The summed E-state index contributed by atoms with van der Waals surface area (Å²) in [7, 11) is 0. The van der Waals surface area contributed by atoms with E-state index in [0.29, 0.717) is 23.0 Å². The molecule has 0 atom stereocenters. The standard InChI is InChI=1S/C23H12N4O2/c1-15-3-2-4-22(28-20-7-5-16(11-24)18(9-20)13-26)23(15)29-21-8-6-17(12-25)19(10-21)14-27/h2-10H,1H3. The van der Waals surface area contributed by atoms with Crippen LogP contribution >= 0.6 is 0 Å². The van der Waals surface area contributed by atoms with Crippen molar-refractivity contribution in [3.8, 4) is 47.3 Å². The fourth-order valence-electron chi connectivity index (χ4n) is 2.64. The van der Waals surface area contributed by atoms with Crippen molar-refractivity contribution in [3.63, 3.8) is 0 Å². The summed E-state index contributed by atoms with van der Waals surface area (Å²) < 4.78 is 11.9. The molecule has 0 fully saturated rings. The number of benzene rings is 3. The molecule has 0 aliphatic carbocycles. The van der Waals surface area contributed by atoms with E-state index in [2.05, 4.69) is 0 Å². The second-order valence-corrected chi connectivity index (χ2v) is 5.97. The molecule has 6 nitrogen and oxygen atoms in total. The Kier molecular flexibility index (Phi) is 5.42. The lowest BCUT2D eigenvalue weighted by molar-refractivity contribution is 0.416. The summed E-state index contributed by atoms with van der Waals surface area (Å²) in [6.07, 6.45) is 0. The maximum absolute atomic E-state index is 9.21. The van der Waals surface area contributed by atoms with E-state index >= 15 is 0 Å². The van der Waals surface area contributed by atoms with E-state index < -0.39 is 0 Å². The normalized spacial score (nSPS) is 9.41. The van der Waals surface area contributed by atoms with Crippen LogP contribution in [0.1, 0.15) is 27.8 Å². The first-order chi connectivity index (χ1) is 14.1. The number of hydrogen-bond donors (Lipinski definition) is 0. The molecule has 29 heavy (non-hydrogen) atoms. The largest absolute Gasteiger partial charge is 0.453 e. The molecule has 0 N–H and O–H groups in total. The number of nitrogens with zero attached hydrogens (tertiary/aromatic N) is 4. The van der Waals surface area contributed by atoms with E-state index in [1.165, 1.54) is 24.3 Å². The fourth-order valence-corrected chi connectivity index (χ4v) is 2.64. The lowest BCUT2D eigenvalue weighted by Crippen LogP contribution is -1.95. The first kappa shape index (κ1) is 19.0. The molecule has 0 unspecified atom stereocenters. The third-order valence-corrected chi connectivity index (χ3v) is 4.09. The predicted molar refractivity (Wildman–Crippen MR) is 103 cm³/mol. The van der Waals surface area contributed by atoms with Crippen molar-refractivity contribution >= 4 is 0 Å². The van der Waals surface area contributed by atoms with Crippen LogP contribution in [0.2, 0.25) is 0 Å². The summed E-state index contributed by atoms with van der Waals surface area (Å²) in [6, 6.07) is 22.4. The first-order valence-corrected chi connectivity index (χ1v) is 8.43. The van der Waals surface area contributed by atoms with Gasteiger partial charge in [0.05, 0.1) is 22.3 Å². The topological polar surface area (TPSA) is 114 Å². The Morgan fingerprint density at radius 1 is 0.621 bits per heavy atom. The van der Waals surface area contributed by atoms with Gasteiger partial charge in [0.15, 0.2) is 11.5 Å². The maximum Gasteiger partial charge on any atom is 0.172 e. The molecular formula is C23H12N4O2. The molecule has 0 bridgehead atoms. The van der Waals surface area contributed by atoms with Crippen LogP contribution in [0.3, 0.4) is 0 Å². The zero-order valence-corrected chi connectivity index (χ0v) is 15.3. The van der Waals surface area contributed by atoms with E-state index in [1.54, 1.807) is 24.3 Å². The molecule has 136 valence electrons. The Hall–Kier alpha value is -4.78. The van der Waals surface area contributed by atoms with Crippen LogP contribution in [-0.4, -0.2) is 0 Å². The quantitative estimate of drug-likeness (QED) is 0.628. The highest BCUT2D eigenvalue weighted by atomic mass is 16.5. The van der Waals surface area contributed by atoms with E-state index in [4.69, 9.17) is 20.0 Å². The van der Waals surface area contributed by atoms with Crippen LogP contribution < -0.4 is 9.47 Å². The molecule has 0 spiro atoms. The molecule has 6 heteroatoms. The van der Waals surface area contributed by atoms with Gasteiger partial charge in [0, 0.05) is 0 Å². The zero-order chi connectivity index (χ0) is 20.8. The number of ether oxygens (including phenoxy) is 2. The van der Waals surface area contributed by atoms with Gasteiger partial charge in [-0.3, -0.25) is 0 Å². The van der Waals surface area contributed by atoms with Crippen LogP contribution in [0.15, 0.2) is 54.6 Å². The van der Waals surface area contributed by atoms with Crippen molar-refractivity contribution in [2.45, 2.75) is 6.92 Å². The zero-order valence-electron chi connectivity index (χ0n) is 15.3. The lowest BCUT2D eigenvalue weighted by atomic mass is 10.1. The van der Waals surface area contributed by atoms with Gasteiger partial charge < -0.3 is 9.47 Å². The van der Waals surface area contributed by atoms with Crippen LogP contribution in [-0.2, 0) is 0 Å². The van der Waals surface area contributed by atoms with Crippen molar-refractivity contribution in [2.75, 3.05) is 0 Å². The number of hydrogen-bond acceptors (Lipinski definition) is 6. The van der Waals surface area contributed by atoms with Gasteiger partial charge in [-0.2, -0.15) is 21.0 Å². The smallest absolute Gasteiger partial charge is 0.172 e. The maximum atomic E-state index is 9.21. The van der Waals surface area contributed by atoms with Crippen LogP contribution in [0, 0.1) is 52.2 Å². The van der Waals surface area contributed by atoms with Crippen LogP contribution in [0.25, 0.3) is 0 Å². The molecular weight excluding hydrogens is 364 g/mol. The predicted octanol–water partition coefficient (Wildman–Crippen LogP) is 5.07. The molecule has 3 rings (SSSR count). The summed E-state index contributed by atoms with van der Waals surface area (Å²) in [5.74, 6) is 1.61. The minimum atomic E-state index is 0.214. The lowest BCUT2D eigenvalue weighted by Gasteiger charge is -2.15. The van der Waals surface area contributed by atoms with Gasteiger partial charge in [0.25, 0.3) is 0 Å². The third kappa shape index (κ3) is 3.99. The monoisotopic (exact) mass is 376 g/mol. The molecule has 0 heterocycles. The average Bonchev–Trinajstić information content (AvgIpc) is 2.75. The second kappa shape index (κ2) is 8.28. The molecule has 3 aromatic rings. The van der Waals surface area contributed by atoms with Crippen molar-refractivity contribution in [1.82, 2.24) is 0 Å². The van der Waals surface area contributed by atoms with Crippen molar-refractivity contribution in [1.29, 1.82) is 21.0 Å². The van der Waals surface area contributed by atoms with E-state index in [9.17, 15) is 10.5 Å². The van der Waals surface area contributed by atoms with Gasteiger partial charge in [0.2, 0.25) is 0 Å². The molecule has 3 aromatic carbocycles. The van der Waals surface area contributed by atoms with Crippen molar-refractivity contribution in [2.24, 2.45) is 0 Å². The van der Waals surface area contributed by atoms with Gasteiger partial charge in [-0.1, -0.05) is 12.1 Å². The van der Waals surface area contributed by atoms with Gasteiger partial charge in [-0.15, -0.1) is 0 Å². The van der Waals surface area contributed by atoms with Gasteiger partial charge in [0.1, 0.15) is 35.8 Å². The molecule has 0 amide bonds. The molecule has 0 saturated heterocycles. The molecule has 0 aliphatic rings. The van der Waals surface area contributed by atoms with Gasteiger partial charge in [-0.05, 0) is 55.0 Å². The minimum absolute atomic E-state index is 0.214. The summed E-state index contributed by atoms with van der Waals surface area (Å²) in [5.41, 5.74) is 1.75. The highest BCUT2D eigenvalue weighted by Gasteiger charge is 2.13. The fraction of sp³-hybridized carbons (Fsp3) is 0.0435. The highest BCUT2D eigenvalue weighted by Crippen LogP contribution is 2.38. The number of rotatable bonds is 4. The Labute approximate surface area is 167 Å². The highest BCUT2D eigenvalue weighted by molar-refractivity contribution is 5.55. The van der Waals surface area contributed by atoms with E-state index in [0.717, 1.165) is 5.56 Å². The molecule has 0 aromatic heterocycles. The molecule has 0 saturated carbocycles. The number of para-hydroxylation sites is 1. The average molecular weight is 376 g/mol. The van der Waals surface area contributed by atoms with Crippen LogP contribution in [0.4, 0.5) is 0 Å². The van der Waals surface area contributed by atoms with Crippen LogP contribution in [0.5, 0.6) is 23.0 Å². The molecule has 0 aliphatic heterocycles. The Bertz CT molecular complexity index is 1270. The van der Waals surface area contributed by atoms with Crippen molar-refractivity contribution < 1.29 is 9.47 Å². The Morgan fingerprint density at radius 2 is 1.14 bits per heavy atom. The van der Waals surface area contributed by atoms with Gasteiger partial charge >= 0.3 is 0 Å². The summed E-state index contributed by atoms with van der Waals surface area (Å²) in [4.78, 5) is 0. The Balaban J connectivity index is 1.97. The molecule has 0 radical (unpaired) electrons. The second-order valence-electron chi connectivity index (χ2n) is 5.97. The third-order valence-electron chi connectivity index (χ3n) is 4.09. The first-order valence-electron chi connectivity index (χ1n) is 8.43. The SMILES string of the molecule is Cc1cccc(Oc2ccc(C#N)c(C#N)c2)c1Oc1ccc(C#N)c(C#N)c1. The van der Waals surface area contributed by atoms with E-state index in [1.807, 2.05) is 37.3 Å². The Morgan fingerprint density at radius 3 is 1.66 bits per heavy atom. The van der Waals surface area contributed by atoms with Crippen molar-refractivity contribution in [3.05, 3.63) is 82.4 Å². The summed E-state index contributed by atoms with van der Waals surface area (Å²) in [6.45, 7) is 1.84. The summed E-state index contributed by atoms with van der Waals surface area (Å²) in [5, 5.41) is 36.5.